The Labute approximate surface area is 517 Å². The zero-order chi connectivity index (χ0) is 61.7. The van der Waals surface area contributed by atoms with Gasteiger partial charge in [-0.25, -0.2) is 0 Å². The number of carbonyl (C=O) groups excluding carboxylic acids is 2. The van der Waals surface area contributed by atoms with Gasteiger partial charge in [-0.05, 0) is 109 Å². The molecule has 1 aliphatic heterocycles. The Bertz CT molecular complexity index is 1990. The molecule has 85 heavy (non-hydrogen) atoms. The molecule has 1 aliphatic rings. The molecular weight excluding hydrogens is 1060 g/mol. The molecule has 1 fully saturated rings. The van der Waals surface area contributed by atoms with E-state index in [1.807, 2.05) is 18.2 Å². The van der Waals surface area contributed by atoms with Gasteiger partial charge in [-0.3, -0.25) is 9.59 Å². The van der Waals surface area contributed by atoms with Gasteiger partial charge in [0.05, 0.1) is 25.4 Å². The number of hydrogen-bond acceptors (Lipinski definition) is 10. The Morgan fingerprint density at radius 3 is 1.27 bits per heavy atom. The zero-order valence-electron chi connectivity index (χ0n) is 53.2. The summed E-state index contributed by atoms with van der Waals surface area (Å²) in [5.74, 6) is -1.31. The van der Waals surface area contributed by atoms with E-state index in [0.29, 0.717) is 12.8 Å². The highest BCUT2D eigenvalue weighted by Crippen LogP contribution is 2.26. The number of unbranched alkanes of at least 4 members (excludes halogenated alkanes) is 17. The number of ether oxygens (including phenoxy) is 3. The maximum absolute atomic E-state index is 13.4. The third kappa shape index (κ3) is 47.1. The molecule has 11 heteroatoms. The predicted octanol–water partition coefficient (Wildman–Crippen LogP) is 16.7. The lowest BCUT2D eigenvalue weighted by molar-refractivity contribution is -0.305. The number of rotatable bonds is 54. The highest BCUT2D eigenvalue weighted by molar-refractivity contribution is 5.81. The Morgan fingerprint density at radius 2 is 0.847 bits per heavy atom. The SMILES string of the molecule is CC/C=C\C/C=C\C/C=C\C/C=C\C/C=C\C/C=C\CCCCCCCCCCC(=O)OC1C(OCC(NC(=O)C(O)C/C=C\C/C=C\C/C=C\C/C=C\C/C=C\C/C=C\CC)C(O)/C=C/CCCCCCCCCCC)OC(CO)C(O)C1O. The number of amides is 1. The number of carbonyl (C=O) groups is 2. The second kappa shape index (κ2) is 59.6. The van der Waals surface area contributed by atoms with Crippen LogP contribution in [0.2, 0.25) is 0 Å². The standard InChI is InChI=1S/C74H119NO10/c1-4-7-10-13-16-19-22-24-26-28-30-31-32-33-34-35-36-37-38-40-42-44-47-50-53-56-59-62-69(79)85-72-71(81)70(80)68(63-76)84-74(72)83-64-65(66(77)60-57-54-51-48-45-21-18-15-12-9-6-3)75-73(82)67(78)61-58-55-52-49-46-43-41-39-29-27-25-23-20-17-14-11-8-5-2/h7-8,10-11,16-17,19-20,24-27,30-31,33-34,36-37,39,41,46,49,55,57-58,60,65-68,70-72,74,76-78,80-81H,4-6,9,12-15,18,21-23,28-29,32,35,38,40,42-45,47-48,50-54,56,59,61-64H2,1-3H3,(H,75,82)/b10-7-,11-8-,19-16-,20-17-,26-24-,27-25-,31-30-,34-33-,37-36-,41-39-,49-46-,58-55-,60-57+. The van der Waals surface area contributed by atoms with E-state index in [9.17, 15) is 35.1 Å². The van der Waals surface area contributed by atoms with Gasteiger partial charge < -0.3 is 45.1 Å². The van der Waals surface area contributed by atoms with Crippen LogP contribution in [0.15, 0.2) is 158 Å². The zero-order valence-corrected chi connectivity index (χ0v) is 53.2. The Hall–Kier alpha value is -4.72. The van der Waals surface area contributed by atoms with Gasteiger partial charge in [0.25, 0.3) is 0 Å². The van der Waals surface area contributed by atoms with E-state index in [4.69, 9.17) is 14.2 Å². The summed E-state index contributed by atoms with van der Waals surface area (Å²) in [6.45, 7) is 5.49. The fourth-order valence-electron chi connectivity index (χ4n) is 9.26. The molecule has 0 aliphatic carbocycles. The van der Waals surface area contributed by atoms with Gasteiger partial charge in [-0.2, -0.15) is 0 Å². The van der Waals surface area contributed by atoms with E-state index in [0.717, 1.165) is 128 Å². The van der Waals surface area contributed by atoms with Gasteiger partial charge in [-0.15, -0.1) is 0 Å². The number of esters is 1. The first-order chi connectivity index (χ1) is 41.7. The normalized spacial score (nSPS) is 19.5. The third-order valence-electron chi connectivity index (χ3n) is 14.4. The summed E-state index contributed by atoms with van der Waals surface area (Å²) in [6.07, 6.45) is 77.3. The van der Waals surface area contributed by atoms with Crippen molar-refractivity contribution < 1.29 is 49.3 Å². The molecule has 6 N–H and O–H groups in total. The van der Waals surface area contributed by atoms with Gasteiger partial charge in [-0.1, -0.05) is 269 Å². The average Bonchev–Trinajstić information content (AvgIpc) is 2.92. The number of hydrogen-bond donors (Lipinski definition) is 6. The molecule has 0 aromatic heterocycles. The minimum Gasteiger partial charge on any atom is -0.454 e. The monoisotopic (exact) mass is 1180 g/mol. The number of allylic oxidation sites excluding steroid dienone is 24. The predicted molar refractivity (Wildman–Crippen MR) is 356 cm³/mol. The van der Waals surface area contributed by atoms with E-state index in [-0.39, 0.29) is 19.4 Å². The molecule has 1 heterocycles. The van der Waals surface area contributed by atoms with Crippen LogP contribution >= 0.6 is 0 Å². The quantitative estimate of drug-likeness (QED) is 0.0195. The van der Waals surface area contributed by atoms with Crippen molar-refractivity contribution in [3.8, 4) is 0 Å². The number of nitrogens with one attached hydrogen (secondary N) is 1. The number of aliphatic hydroxyl groups excluding tert-OH is 5. The van der Waals surface area contributed by atoms with Crippen LogP contribution < -0.4 is 5.32 Å². The molecule has 8 atom stereocenters. The summed E-state index contributed by atoms with van der Waals surface area (Å²) in [5.41, 5.74) is 0. The second-order valence-corrected chi connectivity index (χ2v) is 22.1. The largest absolute Gasteiger partial charge is 0.454 e. The molecule has 1 saturated heterocycles. The van der Waals surface area contributed by atoms with Crippen molar-refractivity contribution in [2.45, 2.75) is 282 Å². The van der Waals surface area contributed by atoms with E-state index < -0.39 is 67.4 Å². The van der Waals surface area contributed by atoms with Gasteiger partial charge in [0.15, 0.2) is 12.4 Å². The van der Waals surface area contributed by atoms with Crippen molar-refractivity contribution in [1.29, 1.82) is 0 Å². The van der Waals surface area contributed by atoms with Crippen LogP contribution in [0.5, 0.6) is 0 Å². The van der Waals surface area contributed by atoms with Gasteiger partial charge in [0.1, 0.15) is 24.4 Å². The molecule has 0 saturated carbocycles. The van der Waals surface area contributed by atoms with Crippen LogP contribution in [0.25, 0.3) is 0 Å². The van der Waals surface area contributed by atoms with Crippen molar-refractivity contribution >= 4 is 11.9 Å². The molecule has 0 aromatic rings. The Morgan fingerprint density at radius 1 is 0.471 bits per heavy atom. The minimum absolute atomic E-state index is 0.0486. The van der Waals surface area contributed by atoms with Crippen LogP contribution in [0, 0.1) is 0 Å². The van der Waals surface area contributed by atoms with E-state index >= 15 is 0 Å². The first-order valence-corrected chi connectivity index (χ1v) is 33.3. The fourth-order valence-corrected chi connectivity index (χ4v) is 9.26. The van der Waals surface area contributed by atoms with Gasteiger partial charge in [0, 0.05) is 12.8 Å². The lowest BCUT2D eigenvalue weighted by Gasteiger charge is -2.41. The smallest absolute Gasteiger partial charge is 0.306 e. The summed E-state index contributed by atoms with van der Waals surface area (Å²) in [6, 6.07) is -1.08. The fraction of sp³-hybridized carbons (Fsp3) is 0.622. The summed E-state index contributed by atoms with van der Waals surface area (Å²) >= 11 is 0. The minimum atomic E-state index is -1.64. The molecule has 0 spiro atoms. The van der Waals surface area contributed by atoms with Crippen LogP contribution in [-0.2, 0) is 23.8 Å². The van der Waals surface area contributed by atoms with Crippen LogP contribution in [-0.4, -0.2) is 99.6 Å². The third-order valence-corrected chi connectivity index (χ3v) is 14.4. The highest BCUT2D eigenvalue weighted by atomic mass is 16.7. The summed E-state index contributed by atoms with van der Waals surface area (Å²) < 4.78 is 17.6. The molecule has 480 valence electrons. The van der Waals surface area contributed by atoms with Crippen LogP contribution in [0.1, 0.15) is 233 Å². The topological polar surface area (TPSA) is 175 Å². The first-order valence-electron chi connectivity index (χ1n) is 33.3. The lowest BCUT2D eigenvalue weighted by atomic mass is 9.99. The van der Waals surface area contributed by atoms with E-state index in [1.54, 1.807) is 12.2 Å². The van der Waals surface area contributed by atoms with Crippen LogP contribution in [0.4, 0.5) is 0 Å². The average molecular weight is 1180 g/mol. The molecule has 1 amide bonds. The van der Waals surface area contributed by atoms with Gasteiger partial charge >= 0.3 is 5.97 Å². The second-order valence-electron chi connectivity index (χ2n) is 22.1. The summed E-state index contributed by atoms with van der Waals surface area (Å²) in [5, 5.41) is 56.9. The lowest BCUT2D eigenvalue weighted by Crippen LogP contribution is -2.61. The number of aliphatic hydroxyl groups is 5. The van der Waals surface area contributed by atoms with E-state index in [1.165, 1.54) is 57.8 Å². The maximum atomic E-state index is 13.4. The van der Waals surface area contributed by atoms with Crippen molar-refractivity contribution in [2.75, 3.05) is 13.2 Å². The highest BCUT2D eigenvalue weighted by Gasteiger charge is 2.47. The van der Waals surface area contributed by atoms with Crippen molar-refractivity contribution in [1.82, 2.24) is 5.32 Å². The molecule has 8 unspecified atom stereocenters. The van der Waals surface area contributed by atoms with Gasteiger partial charge in [0.2, 0.25) is 5.91 Å². The molecule has 1 rings (SSSR count). The van der Waals surface area contributed by atoms with E-state index in [2.05, 4.69) is 154 Å². The first kappa shape index (κ1) is 78.3. The summed E-state index contributed by atoms with van der Waals surface area (Å²) in [4.78, 5) is 26.6. The molecule has 0 radical (unpaired) electrons. The maximum Gasteiger partial charge on any atom is 0.306 e. The van der Waals surface area contributed by atoms with Crippen molar-refractivity contribution in [3.05, 3.63) is 158 Å². The molecule has 0 aromatic carbocycles. The van der Waals surface area contributed by atoms with Crippen molar-refractivity contribution in [2.24, 2.45) is 0 Å². The summed E-state index contributed by atoms with van der Waals surface area (Å²) in [7, 11) is 0. The molecular formula is C74H119NO10. The Kier molecular flexibility index (Phi) is 54.9. The molecule has 11 nitrogen and oxygen atoms in total. The van der Waals surface area contributed by atoms with Crippen LogP contribution in [0.3, 0.4) is 0 Å². The van der Waals surface area contributed by atoms with Crippen molar-refractivity contribution in [3.63, 3.8) is 0 Å². The molecule has 0 bridgehead atoms. The Balaban J connectivity index is 2.64.